The van der Waals surface area contributed by atoms with E-state index in [1.54, 1.807) is 16.9 Å². The molecule has 2 N–H and O–H groups in total. The first-order valence-electron chi connectivity index (χ1n) is 7.26. The molecule has 1 saturated heterocycles. The van der Waals surface area contributed by atoms with Crippen LogP contribution in [0.15, 0.2) is 42.9 Å². The maximum absolute atomic E-state index is 9.47. The van der Waals surface area contributed by atoms with Gasteiger partial charge in [-0.05, 0) is 24.3 Å². The Kier molecular flexibility index (Phi) is 3.38. The van der Waals surface area contributed by atoms with E-state index < -0.39 is 0 Å². The second-order valence-electron chi connectivity index (χ2n) is 5.20. The Bertz CT molecular complexity index is 891. The maximum Gasteiger partial charge on any atom is 0.103 e. The molecule has 1 aliphatic rings. The van der Waals surface area contributed by atoms with Gasteiger partial charge in [0, 0.05) is 18.0 Å². The number of hydrogen-bond acceptors (Lipinski definition) is 6. The lowest BCUT2D eigenvalue weighted by Crippen LogP contribution is -2.32. The molecule has 23 heavy (non-hydrogen) atoms. The maximum atomic E-state index is 9.47. The SMILES string of the molecule is N#Cc1cnn2cccc2c1-c1ncccc1NC1COCN1. The van der Waals surface area contributed by atoms with Crippen LogP contribution < -0.4 is 10.6 Å². The van der Waals surface area contributed by atoms with Gasteiger partial charge in [0.2, 0.25) is 0 Å². The zero-order valence-corrected chi connectivity index (χ0v) is 12.2. The minimum atomic E-state index is 0.0214. The lowest BCUT2D eigenvalue weighted by Gasteiger charge is -2.16. The van der Waals surface area contributed by atoms with Crippen molar-refractivity contribution in [2.24, 2.45) is 0 Å². The molecule has 114 valence electrons. The number of nitriles is 1. The third kappa shape index (κ3) is 2.40. The zero-order chi connectivity index (χ0) is 15.6. The van der Waals surface area contributed by atoms with Crippen molar-refractivity contribution in [3.8, 4) is 17.3 Å². The largest absolute Gasteiger partial charge is 0.366 e. The summed E-state index contributed by atoms with van der Waals surface area (Å²) in [6.45, 7) is 1.10. The van der Waals surface area contributed by atoms with E-state index in [4.69, 9.17) is 4.74 Å². The van der Waals surface area contributed by atoms with E-state index in [2.05, 4.69) is 26.8 Å². The highest BCUT2D eigenvalue weighted by Crippen LogP contribution is 2.32. The Labute approximate surface area is 132 Å². The van der Waals surface area contributed by atoms with E-state index in [-0.39, 0.29) is 6.17 Å². The molecule has 7 heteroatoms. The van der Waals surface area contributed by atoms with Crippen molar-refractivity contribution in [2.75, 3.05) is 18.7 Å². The van der Waals surface area contributed by atoms with Gasteiger partial charge in [-0.2, -0.15) is 10.4 Å². The Balaban J connectivity index is 1.88. The van der Waals surface area contributed by atoms with E-state index in [0.717, 1.165) is 22.5 Å². The molecule has 1 aliphatic heterocycles. The van der Waals surface area contributed by atoms with Crippen LogP contribution >= 0.6 is 0 Å². The summed E-state index contributed by atoms with van der Waals surface area (Å²) in [5.74, 6) is 0. The molecule has 0 spiro atoms. The van der Waals surface area contributed by atoms with Crippen LogP contribution in [0.4, 0.5) is 5.69 Å². The molecule has 0 radical (unpaired) electrons. The first-order valence-corrected chi connectivity index (χ1v) is 7.26. The van der Waals surface area contributed by atoms with Gasteiger partial charge in [-0.3, -0.25) is 10.3 Å². The van der Waals surface area contributed by atoms with Crippen molar-refractivity contribution in [1.29, 1.82) is 5.26 Å². The molecular weight excluding hydrogens is 292 g/mol. The summed E-state index contributed by atoms with van der Waals surface area (Å²) < 4.78 is 7.06. The van der Waals surface area contributed by atoms with Crippen LogP contribution in [0, 0.1) is 11.3 Å². The summed E-state index contributed by atoms with van der Waals surface area (Å²) in [6, 6.07) is 9.85. The number of anilines is 1. The summed E-state index contributed by atoms with van der Waals surface area (Å²) in [5, 5.41) is 20.3. The van der Waals surface area contributed by atoms with Gasteiger partial charge < -0.3 is 10.1 Å². The van der Waals surface area contributed by atoms with Gasteiger partial charge in [-0.15, -0.1) is 0 Å². The molecule has 1 fully saturated rings. The number of rotatable bonds is 3. The fourth-order valence-corrected chi connectivity index (χ4v) is 2.72. The second-order valence-corrected chi connectivity index (χ2v) is 5.20. The molecular formula is C16H14N6O. The molecule has 3 aromatic rings. The van der Waals surface area contributed by atoms with Gasteiger partial charge in [-0.1, -0.05) is 0 Å². The van der Waals surface area contributed by atoms with Crippen LogP contribution in [0.2, 0.25) is 0 Å². The van der Waals surface area contributed by atoms with Gasteiger partial charge >= 0.3 is 0 Å². The van der Waals surface area contributed by atoms with Crippen LogP contribution in [0.1, 0.15) is 5.56 Å². The number of fused-ring (bicyclic) bond motifs is 1. The quantitative estimate of drug-likeness (QED) is 0.764. The van der Waals surface area contributed by atoms with Crippen molar-refractivity contribution >= 4 is 11.2 Å². The molecule has 0 aliphatic carbocycles. The minimum Gasteiger partial charge on any atom is -0.366 e. The average Bonchev–Trinajstić information content (AvgIpc) is 3.25. The van der Waals surface area contributed by atoms with Gasteiger partial charge in [0.25, 0.3) is 0 Å². The van der Waals surface area contributed by atoms with Crippen LogP contribution in [0.25, 0.3) is 16.8 Å². The first-order chi connectivity index (χ1) is 11.4. The number of nitrogens with zero attached hydrogens (tertiary/aromatic N) is 4. The van der Waals surface area contributed by atoms with Crippen molar-refractivity contribution < 1.29 is 4.74 Å². The van der Waals surface area contributed by atoms with Gasteiger partial charge in [0.1, 0.15) is 12.2 Å². The highest BCUT2D eigenvalue weighted by molar-refractivity contribution is 5.88. The fraction of sp³-hybridized carbons (Fsp3) is 0.188. The Morgan fingerprint density at radius 3 is 3.17 bits per heavy atom. The van der Waals surface area contributed by atoms with Crippen molar-refractivity contribution in [1.82, 2.24) is 19.9 Å². The van der Waals surface area contributed by atoms with Crippen molar-refractivity contribution in [3.05, 3.63) is 48.4 Å². The topological polar surface area (TPSA) is 87.3 Å². The molecule has 0 saturated carbocycles. The molecule has 0 amide bonds. The van der Waals surface area contributed by atoms with Crippen molar-refractivity contribution in [3.63, 3.8) is 0 Å². The van der Waals surface area contributed by atoms with E-state index in [0.29, 0.717) is 18.9 Å². The number of nitrogens with one attached hydrogen (secondary N) is 2. The Hall–Kier alpha value is -2.95. The minimum absolute atomic E-state index is 0.0214. The molecule has 4 rings (SSSR count). The van der Waals surface area contributed by atoms with Crippen molar-refractivity contribution in [2.45, 2.75) is 6.17 Å². The number of aromatic nitrogens is 3. The van der Waals surface area contributed by atoms with E-state index in [9.17, 15) is 5.26 Å². The molecule has 4 heterocycles. The summed E-state index contributed by atoms with van der Waals surface area (Å²) in [4.78, 5) is 4.51. The van der Waals surface area contributed by atoms with E-state index >= 15 is 0 Å². The molecule has 0 bridgehead atoms. The normalized spacial score (nSPS) is 17.3. The van der Waals surface area contributed by atoms with Crippen LogP contribution in [0.3, 0.4) is 0 Å². The standard InChI is InChI=1S/C16H14N6O/c17-7-11-8-20-22-6-2-4-13(22)15(11)16-12(3-1-5-18-16)21-14-9-23-10-19-14/h1-6,8,14,19,21H,9-10H2. The van der Waals surface area contributed by atoms with Crippen LogP contribution in [-0.4, -0.2) is 34.1 Å². The second kappa shape index (κ2) is 5.68. The monoisotopic (exact) mass is 306 g/mol. The first kappa shape index (κ1) is 13.7. The Morgan fingerprint density at radius 2 is 2.35 bits per heavy atom. The van der Waals surface area contributed by atoms with Gasteiger partial charge in [0.15, 0.2) is 0 Å². The predicted molar refractivity (Wildman–Crippen MR) is 84.5 cm³/mol. The Morgan fingerprint density at radius 1 is 1.39 bits per heavy atom. The van der Waals surface area contributed by atoms with E-state index in [1.165, 1.54) is 0 Å². The van der Waals surface area contributed by atoms with Gasteiger partial charge in [0.05, 0.1) is 42.0 Å². The average molecular weight is 306 g/mol. The van der Waals surface area contributed by atoms with Gasteiger partial charge in [-0.25, -0.2) is 4.52 Å². The number of ether oxygens (including phenoxy) is 1. The lowest BCUT2D eigenvalue weighted by molar-refractivity contribution is 0.191. The molecule has 7 nitrogen and oxygen atoms in total. The highest BCUT2D eigenvalue weighted by atomic mass is 16.5. The fourth-order valence-electron chi connectivity index (χ4n) is 2.72. The third-order valence-electron chi connectivity index (χ3n) is 3.78. The molecule has 0 aromatic carbocycles. The highest BCUT2D eigenvalue weighted by Gasteiger charge is 2.19. The predicted octanol–water partition coefficient (Wildman–Crippen LogP) is 1.58. The summed E-state index contributed by atoms with van der Waals surface area (Å²) in [5.41, 5.74) is 3.69. The molecule has 1 atom stereocenters. The smallest absolute Gasteiger partial charge is 0.103 e. The summed E-state index contributed by atoms with van der Waals surface area (Å²) >= 11 is 0. The van der Waals surface area contributed by atoms with Crippen LogP contribution in [0.5, 0.6) is 0 Å². The number of pyridine rings is 1. The third-order valence-corrected chi connectivity index (χ3v) is 3.78. The molecule has 3 aromatic heterocycles. The van der Waals surface area contributed by atoms with E-state index in [1.807, 2.05) is 30.5 Å². The zero-order valence-electron chi connectivity index (χ0n) is 12.2. The summed E-state index contributed by atoms with van der Waals surface area (Å²) in [6.07, 6.45) is 5.16. The lowest BCUT2D eigenvalue weighted by atomic mass is 10.0. The summed E-state index contributed by atoms with van der Waals surface area (Å²) in [7, 11) is 0. The van der Waals surface area contributed by atoms with Crippen LogP contribution in [-0.2, 0) is 4.74 Å². The molecule has 1 unspecified atom stereocenters. The number of hydrogen-bond donors (Lipinski definition) is 2.